The second-order valence-corrected chi connectivity index (χ2v) is 13.9. The second-order valence-electron chi connectivity index (χ2n) is 13.5. The molecule has 3 aliphatic carbocycles. The Kier molecular flexibility index (Phi) is 8.18. The number of hydrogen-bond donors (Lipinski definition) is 0. The van der Waals surface area contributed by atoms with Crippen LogP contribution in [0.25, 0.3) is 0 Å². The standard InChI is InChI=1S/C34H44ClN3O2/c1-33(2,3)26-13-10-24(11-14-26)31(39)37-19-16-36(17-20-37)18-21-38(32(40)28-8-6-7-9-30(28)35)23-25-12-15-27-22-29(25)34(27,4)5/h6-14,27,29H,15-23H2,1-5H3. The van der Waals surface area contributed by atoms with Gasteiger partial charge in [-0.05, 0) is 65.3 Å². The summed E-state index contributed by atoms with van der Waals surface area (Å²) in [6, 6.07) is 15.4. The highest BCUT2D eigenvalue weighted by molar-refractivity contribution is 6.33. The molecule has 2 amide bonds. The van der Waals surface area contributed by atoms with Crippen molar-refractivity contribution in [1.82, 2.24) is 14.7 Å². The number of carbonyl (C=O) groups excluding carboxylic acids is 2. The van der Waals surface area contributed by atoms with Gasteiger partial charge in [-0.2, -0.15) is 0 Å². The SMILES string of the molecule is CC(C)(C)c1ccc(C(=O)N2CCN(CCN(CC3=CCC4CC3C4(C)C)C(=O)c3ccccc3Cl)CC2)cc1. The maximum Gasteiger partial charge on any atom is 0.255 e. The zero-order chi connectivity index (χ0) is 28.7. The van der Waals surface area contributed by atoms with Gasteiger partial charge in [0, 0.05) is 51.4 Å². The minimum absolute atomic E-state index is 0.00160. The molecule has 2 bridgehead atoms. The maximum absolute atomic E-state index is 13.7. The fourth-order valence-electron chi connectivity index (χ4n) is 6.67. The molecule has 5 nitrogen and oxygen atoms in total. The van der Waals surface area contributed by atoms with Gasteiger partial charge in [0.1, 0.15) is 0 Å². The van der Waals surface area contributed by atoms with Crippen molar-refractivity contribution < 1.29 is 9.59 Å². The number of nitrogens with zero attached hydrogens (tertiary/aromatic N) is 3. The fraction of sp³-hybridized carbons (Fsp3) is 0.529. The summed E-state index contributed by atoms with van der Waals surface area (Å²) in [6.45, 7) is 16.4. The molecule has 40 heavy (non-hydrogen) atoms. The molecule has 1 heterocycles. The van der Waals surface area contributed by atoms with Gasteiger partial charge < -0.3 is 9.80 Å². The van der Waals surface area contributed by atoms with Gasteiger partial charge in [-0.15, -0.1) is 0 Å². The average Bonchev–Trinajstić information content (AvgIpc) is 2.94. The van der Waals surface area contributed by atoms with Crippen molar-refractivity contribution in [3.8, 4) is 0 Å². The van der Waals surface area contributed by atoms with E-state index in [4.69, 9.17) is 11.6 Å². The van der Waals surface area contributed by atoms with Crippen LogP contribution in [-0.2, 0) is 5.41 Å². The van der Waals surface area contributed by atoms with Crippen molar-refractivity contribution in [1.29, 1.82) is 0 Å². The average molecular weight is 562 g/mol. The summed E-state index contributed by atoms with van der Waals surface area (Å²) >= 11 is 6.45. The third-order valence-electron chi connectivity index (χ3n) is 9.69. The number of carbonyl (C=O) groups is 2. The van der Waals surface area contributed by atoms with Gasteiger partial charge in [0.15, 0.2) is 0 Å². The number of rotatable bonds is 7. The predicted molar refractivity (Wildman–Crippen MR) is 163 cm³/mol. The third-order valence-corrected chi connectivity index (χ3v) is 10.0. The third kappa shape index (κ3) is 5.87. The van der Waals surface area contributed by atoms with E-state index in [0.717, 1.165) is 37.5 Å². The zero-order valence-electron chi connectivity index (χ0n) is 24.8. The van der Waals surface area contributed by atoms with Crippen molar-refractivity contribution >= 4 is 23.4 Å². The Hall–Kier alpha value is -2.63. The summed E-state index contributed by atoms with van der Waals surface area (Å²) < 4.78 is 0. The number of fused-ring (bicyclic) bond motifs is 1. The van der Waals surface area contributed by atoms with Gasteiger partial charge in [0.25, 0.3) is 11.8 Å². The van der Waals surface area contributed by atoms with Crippen LogP contribution in [-0.4, -0.2) is 72.3 Å². The molecule has 1 saturated carbocycles. The van der Waals surface area contributed by atoms with Crippen LogP contribution in [0, 0.1) is 17.3 Å². The molecular weight excluding hydrogens is 518 g/mol. The lowest BCUT2D eigenvalue weighted by molar-refractivity contribution is -0.0105. The lowest BCUT2D eigenvalue weighted by atomic mass is 9.49. The highest BCUT2D eigenvalue weighted by atomic mass is 35.5. The normalized spacial score (nSPS) is 22.4. The second kappa shape index (κ2) is 11.3. The van der Waals surface area contributed by atoms with E-state index in [1.165, 1.54) is 17.6 Å². The van der Waals surface area contributed by atoms with Crippen LogP contribution in [0.5, 0.6) is 0 Å². The van der Waals surface area contributed by atoms with Gasteiger partial charge in [-0.3, -0.25) is 14.5 Å². The van der Waals surface area contributed by atoms with E-state index in [1.807, 2.05) is 40.1 Å². The van der Waals surface area contributed by atoms with Gasteiger partial charge >= 0.3 is 0 Å². The zero-order valence-corrected chi connectivity index (χ0v) is 25.5. The molecule has 2 unspecified atom stereocenters. The fourth-order valence-corrected chi connectivity index (χ4v) is 6.88. The van der Waals surface area contributed by atoms with E-state index in [2.05, 4.69) is 57.7 Å². The monoisotopic (exact) mass is 561 g/mol. The Balaban J connectivity index is 1.20. The number of hydrogen-bond acceptors (Lipinski definition) is 3. The number of piperazine rings is 1. The number of benzene rings is 2. The Morgan fingerprint density at radius 2 is 1.68 bits per heavy atom. The molecule has 6 rings (SSSR count). The Morgan fingerprint density at radius 1 is 1.00 bits per heavy atom. The first kappa shape index (κ1) is 28.9. The van der Waals surface area contributed by atoms with Crippen LogP contribution < -0.4 is 0 Å². The predicted octanol–water partition coefficient (Wildman–Crippen LogP) is 6.53. The highest BCUT2D eigenvalue weighted by Gasteiger charge is 2.51. The minimum atomic E-state index is -0.00160. The van der Waals surface area contributed by atoms with Crippen LogP contribution in [0.4, 0.5) is 0 Å². The van der Waals surface area contributed by atoms with E-state index in [9.17, 15) is 9.59 Å². The number of amides is 2. The number of allylic oxidation sites excluding steroid dienone is 1. The molecule has 2 aromatic rings. The van der Waals surface area contributed by atoms with Gasteiger partial charge in [0.2, 0.25) is 0 Å². The van der Waals surface area contributed by atoms with Crippen LogP contribution in [0.15, 0.2) is 60.2 Å². The van der Waals surface area contributed by atoms with Crippen LogP contribution in [0.3, 0.4) is 0 Å². The molecule has 1 saturated heterocycles. The largest absolute Gasteiger partial charge is 0.336 e. The molecule has 214 valence electrons. The van der Waals surface area contributed by atoms with Crippen LogP contribution >= 0.6 is 11.6 Å². The Bertz CT molecular complexity index is 1270. The molecule has 0 N–H and O–H groups in total. The molecule has 4 aliphatic rings. The molecule has 6 heteroatoms. The summed E-state index contributed by atoms with van der Waals surface area (Å²) in [4.78, 5) is 33.2. The maximum atomic E-state index is 13.7. The molecule has 1 aliphatic heterocycles. The first-order valence-electron chi connectivity index (χ1n) is 14.8. The molecule has 2 atom stereocenters. The summed E-state index contributed by atoms with van der Waals surface area (Å²) in [5.74, 6) is 1.42. The topological polar surface area (TPSA) is 43.9 Å². The first-order chi connectivity index (χ1) is 18.9. The van der Waals surface area contributed by atoms with E-state index in [1.54, 1.807) is 6.07 Å². The van der Waals surface area contributed by atoms with Gasteiger partial charge in [-0.1, -0.05) is 82.1 Å². The Morgan fingerprint density at radius 3 is 2.27 bits per heavy atom. The molecule has 0 aromatic heterocycles. The summed E-state index contributed by atoms with van der Waals surface area (Å²) in [5.41, 5.74) is 4.34. The van der Waals surface area contributed by atoms with Gasteiger partial charge in [0.05, 0.1) is 10.6 Å². The van der Waals surface area contributed by atoms with Crippen LogP contribution in [0.2, 0.25) is 5.02 Å². The van der Waals surface area contributed by atoms with E-state index >= 15 is 0 Å². The molecule has 2 aromatic carbocycles. The van der Waals surface area contributed by atoms with E-state index in [0.29, 0.717) is 48.1 Å². The molecular formula is C34H44ClN3O2. The lowest BCUT2D eigenvalue weighted by Crippen LogP contribution is -2.52. The summed E-state index contributed by atoms with van der Waals surface area (Å²) in [6.07, 6.45) is 4.74. The van der Waals surface area contributed by atoms with Crippen molar-refractivity contribution in [3.05, 3.63) is 81.9 Å². The van der Waals surface area contributed by atoms with Crippen molar-refractivity contribution in [3.63, 3.8) is 0 Å². The lowest BCUT2D eigenvalue weighted by Gasteiger charge is -2.57. The quantitative estimate of drug-likeness (QED) is 0.361. The van der Waals surface area contributed by atoms with Crippen molar-refractivity contribution in [2.45, 2.75) is 52.9 Å². The smallest absolute Gasteiger partial charge is 0.255 e. The highest BCUT2D eigenvalue weighted by Crippen LogP contribution is 2.59. The van der Waals surface area contributed by atoms with E-state index < -0.39 is 0 Å². The van der Waals surface area contributed by atoms with Crippen molar-refractivity contribution in [2.24, 2.45) is 17.3 Å². The minimum Gasteiger partial charge on any atom is -0.336 e. The first-order valence-corrected chi connectivity index (χ1v) is 15.2. The molecule has 2 fully saturated rings. The molecule has 0 spiro atoms. The van der Waals surface area contributed by atoms with E-state index in [-0.39, 0.29) is 17.2 Å². The van der Waals surface area contributed by atoms with Crippen molar-refractivity contribution in [2.75, 3.05) is 45.8 Å². The Labute approximate surface area is 245 Å². The summed E-state index contributed by atoms with van der Waals surface area (Å²) in [5, 5.41) is 0.502. The number of halogens is 1. The van der Waals surface area contributed by atoms with Crippen LogP contribution in [0.1, 0.15) is 73.7 Å². The summed E-state index contributed by atoms with van der Waals surface area (Å²) in [7, 11) is 0. The molecule has 0 radical (unpaired) electrons. The van der Waals surface area contributed by atoms with Gasteiger partial charge in [-0.25, -0.2) is 0 Å².